The standard InChI is InChI=1S/C18H15FN6O2/c19-14-4-2-10(11-1-3-13(8-26)21-7-11)5-12(14)9-27-15-6-16(20)22-18-17(15)23-25-24-18/h1-7,26H,8-9H2,(H3,20,22,23,24,25). The van der Waals surface area contributed by atoms with Gasteiger partial charge < -0.3 is 15.6 Å². The first kappa shape index (κ1) is 16.9. The zero-order valence-corrected chi connectivity index (χ0v) is 14.1. The van der Waals surface area contributed by atoms with E-state index in [1.54, 1.807) is 24.4 Å². The van der Waals surface area contributed by atoms with Gasteiger partial charge in [-0.2, -0.15) is 10.3 Å². The topological polar surface area (TPSA) is 123 Å². The van der Waals surface area contributed by atoms with E-state index >= 15 is 0 Å². The van der Waals surface area contributed by atoms with E-state index in [4.69, 9.17) is 15.6 Å². The van der Waals surface area contributed by atoms with E-state index in [0.29, 0.717) is 28.2 Å². The first-order chi connectivity index (χ1) is 13.1. The van der Waals surface area contributed by atoms with Crippen LogP contribution in [0, 0.1) is 5.82 Å². The van der Waals surface area contributed by atoms with Gasteiger partial charge in [-0.1, -0.05) is 12.1 Å². The van der Waals surface area contributed by atoms with Crippen molar-refractivity contribution in [1.29, 1.82) is 0 Å². The molecule has 0 unspecified atom stereocenters. The number of aliphatic hydroxyl groups is 1. The van der Waals surface area contributed by atoms with E-state index in [1.807, 2.05) is 6.07 Å². The maximum atomic E-state index is 14.2. The van der Waals surface area contributed by atoms with Crippen LogP contribution >= 0.6 is 0 Å². The minimum atomic E-state index is -0.392. The molecule has 0 radical (unpaired) electrons. The molecule has 9 heteroatoms. The highest BCUT2D eigenvalue weighted by Crippen LogP contribution is 2.26. The molecule has 0 atom stereocenters. The zero-order valence-electron chi connectivity index (χ0n) is 14.1. The number of aromatic nitrogens is 5. The van der Waals surface area contributed by atoms with Gasteiger partial charge in [-0.05, 0) is 23.8 Å². The van der Waals surface area contributed by atoms with Crippen LogP contribution in [0.15, 0.2) is 42.6 Å². The van der Waals surface area contributed by atoms with E-state index in [1.165, 1.54) is 12.1 Å². The number of aromatic amines is 1. The summed E-state index contributed by atoms with van der Waals surface area (Å²) in [6.45, 7) is -0.151. The van der Waals surface area contributed by atoms with Crippen LogP contribution in [0.5, 0.6) is 5.75 Å². The fraction of sp³-hybridized carbons (Fsp3) is 0.111. The van der Waals surface area contributed by atoms with Crippen LogP contribution in [0.25, 0.3) is 22.3 Å². The number of nitrogens with zero attached hydrogens (tertiary/aromatic N) is 4. The molecule has 0 bridgehead atoms. The van der Waals surface area contributed by atoms with Gasteiger partial charge in [0.1, 0.15) is 18.2 Å². The summed E-state index contributed by atoms with van der Waals surface area (Å²) in [6.07, 6.45) is 1.63. The molecule has 4 rings (SSSR count). The lowest BCUT2D eigenvalue weighted by Crippen LogP contribution is -2.01. The number of H-pyrrole nitrogens is 1. The van der Waals surface area contributed by atoms with Gasteiger partial charge in [0.25, 0.3) is 0 Å². The van der Waals surface area contributed by atoms with Crippen molar-refractivity contribution < 1.29 is 14.2 Å². The normalized spacial score (nSPS) is 11.0. The SMILES string of the molecule is Nc1cc(OCc2cc(-c3ccc(CO)nc3)ccc2F)c2n[nH]nc2n1. The molecule has 4 aromatic rings. The summed E-state index contributed by atoms with van der Waals surface area (Å²) >= 11 is 0. The molecule has 8 nitrogen and oxygen atoms in total. The molecule has 0 saturated carbocycles. The van der Waals surface area contributed by atoms with Crippen LogP contribution in [0.2, 0.25) is 0 Å². The van der Waals surface area contributed by atoms with Crippen molar-refractivity contribution in [3.63, 3.8) is 0 Å². The summed E-state index contributed by atoms with van der Waals surface area (Å²) in [5.74, 6) is 0.206. The number of rotatable bonds is 5. The van der Waals surface area contributed by atoms with Crippen molar-refractivity contribution in [2.45, 2.75) is 13.2 Å². The second kappa shape index (κ2) is 6.96. The predicted molar refractivity (Wildman–Crippen MR) is 96.0 cm³/mol. The molecule has 4 N–H and O–H groups in total. The molecule has 0 spiro atoms. The Morgan fingerprint density at radius 2 is 1.96 bits per heavy atom. The average molecular weight is 366 g/mol. The molecule has 0 aliphatic heterocycles. The smallest absolute Gasteiger partial charge is 0.207 e. The summed E-state index contributed by atoms with van der Waals surface area (Å²) in [6, 6.07) is 9.78. The van der Waals surface area contributed by atoms with Gasteiger partial charge in [0.2, 0.25) is 5.65 Å². The molecule has 3 aromatic heterocycles. The zero-order chi connectivity index (χ0) is 18.8. The van der Waals surface area contributed by atoms with E-state index in [0.717, 1.165) is 11.1 Å². The second-order valence-electron chi connectivity index (χ2n) is 5.83. The number of hydrogen-bond acceptors (Lipinski definition) is 7. The van der Waals surface area contributed by atoms with Gasteiger partial charge in [0.15, 0.2) is 11.3 Å². The Morgan fingerprint density at radius 3 is 2.74 bits per heavy atom. The fourth-order valence-electron chi connectivity index (χ4n) is 2.65. The van der Waals surface area contributed by atoms with E-state index in [-0.39, 0.29) is 19.0 Å². The van der Waals surface area contributed by atoms with Crippen molar-refractivity contribution in [2.75, 3.05) is 5.73 Å². The molecule has 136 valence electrons. The maximum Gasteiger partial charge on any atom is 0.207 e. The first-order valence-corrected chi connectivity index (χ1v) is 8.08. The molecular formula is C18H15FN6O2. The lowest BCUT2D eigenvalue weighted by Gasteiger charge is -2.10. The molecule has 3 heterocycles. The molecule has 0 amide bonds. The number of nitrogen functional groups attached to an aromatic ring is 1. The number of hydrogen-bond donors (Lipinski definition) is 3. The second-order valence-corrected chi connectivity index (χ2v) is 5.83. The summed E-state index contributed by atoms with van der Waals surface area (Å²) in [5, 5.41) is 19.4. The van der Waals surface area contributed by atoms with E-state index in [2.05, 4.69) is 25.4 Å². The van der Waals surface area contributed by atoms with Gasteiger partial charge in [-0.25, -0.2) is 9.37 Å². The lowest BCUT2D eigenvalue weighted by molar-refractivity contribution is 0.277. The molecule has 0 saturated heterocycles. The number of nitrogens with one attached hydrogen (secondary N) is 1. The molecule has 0 fully saturated rings. The molecule has 0 aliphatic carbocycles. The Kier molecular flexibility index (Phi) is 4.35. The van der Waals surface area contributed by atoms with E-state index in [9.17, 15) is 4.39 Å². The third-order valence-electron chi connectivity index (χ3n) is 4.03. The number of pyridine rings is 2. The van der Waals surface area contributed by atoms with Crippen LogP contribution in [-0.2, 0) is 13.2 Å². The number of aliphatic hydroxyl groups excluding tert-OH is 1. The van der Waals surface area contributed by atoms with Crippen LogP contribution < -0.4 is 10.5 Å². The lowest BCUT2D eigenvalue weighted by atomic mass is 10.0. The molecule has 1 aromatic carbocycles. The Labute approximate surface area is 152 Å². The van der Waals surface area contributed by atoms with Crippen LogP contribution in [0.3, 0.4) is 0 Å². The Balaban J connectivity index is 1.60. The van der Waals surface area contributed by atoms with Crippen LogP contribution in [0.4, 0.5) is 10.2 Å². The minimum absolute atomic E-state index is 0.0206. The Morgan fingerprint density at radius 1 is 1.11 bits per heavy atom. The number of fused-ring (bicyclic) bond motifs is 1. The minimum Gasteiger partial charge on any atom is -0.486 e. The third kappa shape index (κ3) is 3.40. The van der Waals surface area contributed by atoms with Crippen molar-refractivity contribution in [1.82, 2.24) is 25.4 Å². The predicted octanol–water partition coefficient (Wildman–Crippen LogP) is 2.21. The van der Waals surface area contributed by atoms with Crippen LogP contribution in [0.1, 0.15) is 11.3 Å². The summed E-state index contributed by atoms with van der Waals surface area (Å²) in [4.78, 5) is 8.17. The Bertz CT molecular complexity index is 1100. The van der Waals surface area contributed by atoms with Crippen LogP contribution in [-0.4, -0.2) is 30.5 Å². The summed E-state index contributed by atoms with van der Waals surface area (Å²) < 4.78 is 20.0. The Hall–Kier alpha value is -3.59. The van der Waals surface area contributed by atoms with Gasteiger partial charge >= 0.3 is 0 Å². The first-order valence-electron chi connectivity index (χ1n) is 8.08. The number of halogens is 1. The highest BCUT2D eigenvalue weighted by atomic mass is 19.1. The molecule has 0 aliphatic rings. The third-order valence-corrected chi connectivity index (χ3v) is 4.03. The highest BCUT2D eigenvalue weighted by molar-refractivity contribution is 5.78. The summed E-state index contributed by atoms with van der Waals surface area (Å²) in [7, 11) is 0. The number of benzene rings is 1. The summed E-state index contributed by atoms with van der Waals surface area (Å²) in [5.41, 5.74) is 9.01. The van der Waals surface area contributed by atoms with Crippen molar-refractivity contribution in [2.24, 2.45) is 0 Å². The molecular weight excluding hydrogens is 351 g/mol. The van der Waals surface area contributed by atoms with Gasteiger partial charge in [-0.3, -0.25) is 4.98 Å². The fourth-order valence-corrected chi connectivity index (χ4v) is 2.65. The number of ether oxygens (including phenoxy) is 1. The van der Waals surface area contributed by atoms with Crippen molar-refractivity contribution in [3.8, 4) is 16.9 Å². The quantitative estimate of drug-likeness (QED) is 0.495. The largest absolute Gasteiger partial charge is 0.486 e. The van der Waals surface area contributed by atoms with E-state index < -0.39 is 5.82 Å². The number of anilines is 1. The van der Waals surface area contributed by atoms with Crippen molar-refractivity contribution in [3.05, 3.63) is 59.7 Å². The van der Waals surface area contributed by atoms with Crippen molar-refractivity contribution >= 4 is 17.0 Å². The van der Waals surface area contributed by atoms with Gasteiger partial charge in [-0.15, -0.1) is 5.10 Å². The highest BCUT2D eigenvalue weighted by Gasteiger charge is 2.12. The maximum absolute atomic E-state index is 14.2. The number of nitrogens with two attached hydrogens (primary N) is 1. The van der Waals surface area contributed by atoms with Gasteiger partial charge in [0.05, 0.1) is 12.3 Å². The monoisotopic (exact) mass is 366 g/mol. The van der Waals surface area contributed by atoms with Gasteiger partial charge in [0, 0.05) is 23.4 Å². The molecule has 27 heavy (non-hydrogen) atoms. The average Bonchev–Trinajstić information content (AvgIpc) is 3.15.